The van der Waals surface area contributed by atoms with Crippen molar-refractivity contribution < 1.29 is 0 Å². The summed E-state index contributed by atoms with van der Waals surface area (Å²) < 4.78 is 0. The molecule has 0 spiro atoms. The van der Waals surface area contributed by atoms with Gasteiger partial charge in [0, 0.05) is 19.0 Å². The first-order valence-corrected chi connectivity index (χ1v) is 3.03. The number of H-pyrrole nitrogens is 1. The van der Waals surface area contributed by atoms with Gasteiger partial charge in [-0.15, -0.1) is 0 Å². The molecule has 1 aromatic rings. The van der Waals surface area contributed by atoms with E-state index in [1.54, 1.807) is 6.33 Å². The fourth-order valence-corrected chi connectivity index (χ4v) is 0.894. The molecular weight excluding hydrogens is 116 g/mol. The van der Waals surface area contributed by atoms with Gasteiger partial charge < -0.3 is 5.32 Å². The number of nitrogens with zero attached hydrogens (tertiary/aromatic N) is 2. The number of nitrogens with one attached hydrogen (secondary N) is 2. The maximum Gasteiger partial charge on any atom is 0.137 e. The second-order valence-electron chi connectivity index (χ2n) is 2.23. The van der Waals surface area contributed by atoms with Gasteiger partial charge in [-0.1, -0.05) is 0 Å². The van der Waals surface area contributed by atoms with Crippen molar-refractivity contribution in [3.8, 4) is 0 Å². The summed E-state index contributed by atoms with van der Waals surface area (Å²) in [4.78, 5) is 4.03. The summed E-state index contributed by atoms with van der Waals surface area (Å²) in [5.74, 6) is 1.58. The highest BCUT2D eigenvalue weighted by Crippen LogP contribution is 2.13. The molecule has 1 aliphatic heterocycles. The lowest BCUT2D eigenvalue weighted by atomic mass is 10.0. The molecule has 0 saturated carbocycles. The Balaban J connectivity index is 2.14. The van der Waals surface area contributed by atoms with E-state index >= 15 is 0 Å². The van der Waals surface area contributed by atoms with Crippen LogP contribution in [-0.4, -0.2) is 28.3 Å². The molecule has 0 bridgehead atoms. The van der Waals surface area contributed by atoms with E-state index in [0.717, 1.165) is 18.9 Å². The number of aromatic amines is 1. The Bertz CT molecular complexity index is 177. The number of hydrogen-bond acceptors (Lipinski definition) is 3. The van der Waals surface area contributed by atoms with Crippen LogP contribution in [0.2, 0.25) is 0 Å². The van der Waals surface area contributed by atoms with Crippen LogP contribution in [-0.2, 0) is 0 Å². The first-order valence-electron chi connectivity index (χ1n) is 3.03. The molecule has 2 heterocycles. The topological polar surface area (TPSA) is 53.6 Å². The molecule has 4 heteroatoms. The zero-order valence-corrected chi connectivity index (χ0v) is 4.96. The van der Waals surface area contributed by atoms with Gasteiger partial charge >= 0.3 is 0 Å². The van der Waals surface area contributed by atoms with Gasteiger partial charge in [0.25, 0.3) is 0 Å². The molecule has 2 rings (SSSR count). The Morgan fingerprint density at radius 1 is 1.56 bits per heavy atom. The fourth-order valence-electron chi connectivity index (χ4n) is 0.894. The number of aromatic nitrogens is 3. The van der Waals surface area contributed by atoms with E-state index in [2.05, 4.69) is 20.5 Å². The summed E-state index contributed by atoms with van der Waals surface area (Å²) in [6.07, 6.45) is 1.55. The van der Waals surface area contributed by atoms with Crippen LogP contribution in [0.3, 0.4) is 0 Å². The third kappa shape index (κ3) is 0.712. The zero-order valence-electron chi connectivity index (χ0n) is 4.96. The van der Waals surface area contributed by atoms with Crippen molar-refractivity contribution in [1.82, 2.24) is 20.5 Å². The maximum atomic E-state index is 4.03. The van der Waals surface area contributed by atoms with Crippen LogP contribution in [0.15, 0.2) is 6.33 Å². The normalized spacial score (nSPS) is 19.6. The number of hydrogen-bond donors (Lipinski definition) is 2. The van der Waals surface area contributed by atoms with Crippen LogP contribution >= 0.6 is 0 Å². The van der Waals surface area contributed by atoms with Crippen molar-refractivity contribution in [1.29, 1.82) is 0 Å². The van der Waals surface area contributed by atoms with Gasteiger partial charge in [-0.05, 0) is 0 Å². The van der Waals surface area contributed by atoms with Gasteiger partial charge in [0.1, 0.15) is 12.2 Å². The summed E-state index contributed by atoms with van der Waals surface area (Å²) in [5, 5.41) is 9.76. The van der Waals surface area contributed by atoms with Gasteiger partial charge in [-0.2, -0.15) is 5.10 Å². The predicted octanol–water partition coefficient (Wildman–Crippen LogP) is -0.509. The average molecular weight is 124 g/mol. The summed E-state index contributed by atoms with van der Waals surface area (Å²) in [5.41, 5.74) is 0. The van der Waals surface area contributed by atoms with Crippen LogP contribution in [0, 0.1) is 0 Å². The van der Waals surface area contributed by atoms with Gasteiger partial charge in [0.05, 0.1) is 0 Å². The molecule has 0 aromatic carbocycles. The molecular formula is C5H8N4. The van der Waals surface area contributed by atoms with E-state index in [1.807, 2.05) is 0 Å². The van der Waals surface area contributed by atoms with E-state index in [-0.39, 0.29) is 0 Å². The van der Waals surface area contributed by atoms with Crippen LogP contribution in [0.5, 0.6) is 0 Å². The van der Waals surface area contributed by atoms with E-state index < -0.39 is 0 Å². The molecule has 2 N–H and O–H groups in total. The molecule has 48 valence electrons. The van der Waals surface area contributed by atoms with Crippen molar-refractivity contribution >= 4 is 0 Å². The maximum absolute atomic E-state index is 4.03. The van der Waals surface area contributed by atoms with Crippen LogP contribution < -0.4 is 5.32 Å². The minimum atomic E-state index is 0.576. The third-order valence-electron chi connectivity index (χ3n) is 1.60. The molecule has 1 saturated heterocycles. The van der Waals surface area contributed by atoms with E-state index in [4.69, 9.17) is 0 Å². The molecule has 1 fully saturated rings. The van der Waals surface area contributed by atoms with Crippen molar-refractivity contribution in [2.24, 2.45) is 0 Å². The predicted molar refractivity (Wildman–Crippen MR) is 32.0 cm³/mol. The minimum Gasteiger partial charge on any atom is -0.315 e. The van der Waals surface area contributed by atoms with Gasteiger partial charge in [-0.3, -0.25) is 5.10 Å². The van der Waals surface area contributed by atoms with Gasteiger partial charge in [0.15, 0.2) is 0 Å². The first kappa shape index (κ1) is 4.93. The van der Waals surface area contributed by atoms with Crippen molar-refractivity contribution in [2.45, 2.75) is 5.92 Å². The highest BCUT2D eigenvalue weighted by Gasteiger charge is 2.20. The molecule has 0 amide bonds. The minimum absolute atomic E-state index is 0.576. The van der Waals surface area contributed by atoms with Crippen molar-refractivity contribution in [2.75, 3.05) is 13.1 Å². The highest BCUT2D eigenvalue weighted by atomic mass is 15.2. The van der Waals surface area contributed by atoms with Crippen LogP contribution in [0.25, 0.3) is 0 Å². The smallest absolute Gasteiger partial charge is 0.137 e. The molecule has 0 atom stereocenters. The van der Waals surface area contributed by atoms with Gasteiger partial charge in [-0.25, -0.2) is 4.98 Å². The van der Waals surface area contributed by atoms with Crippen molar-refractivity contribution in [3.63, 3.8) is 0 Å². The lowest BCUT2D eigenvalue weighted by Gasteiger charge is -2.24. The Kier molecular flexibility index (Phi) is 0.989. The zero-order chi connectivity index (χ0) is 6.10. The molecule has 0 unspecified atom stereocenters. The third-order valence-corrected chi connectivity index (χ3v) is 1.60. The standard InChI is InChI=1S/C5H8N4/c1-4(2-6-1)5-7-3-8-9-5/h3-4,6H,1-2H2,(H,7,8,9). The Morgan fingerprint density at radius 3 is 2.89 bits per heavy atom. The molecule has 0 aliphatic carbocycles. The molecule has 0 radical (unpaired) electrons. The molecule has 1 aliphatic rings. The SMILES string of the molecule is c1n[nH]c(C2CNC2)n1. The summed E-state index contributed by atoms with van der Waals surface area (Å²) in [6.45, 7) is 2.07. The summed E-state index contributed by atoms with van der Waals surface area (Å²) >= 11 is 0. The summed E-state index contributed by atoms with van der Waals surface area (Å²) in [6, 6.07) is 0. The van der Waals surface area contributed by atoms with Gasteiger partial charge in [0.2, 0.25) is 0 Å². The second-order valence-corrected chi connectivity index (χ2v) is 2.23. The van der Waals surface area contributed by atoms with E-state index in [9.17, 15) is 0 Å². The van der Waals surface area contributed by atoms with E-state index in [1.165, 1.54) is 0 Å². The molecule has 1 aromatic heterocycles. The quantitative estimate of drug-likeness (QED) is 0.530. The van der Waals surface area contributed by atoms with Crippen LogP contribution in [0.1, 0.15) is 11.7 Å². The highest BCUT2D eigenvalue weighted by molar-refractivity contribution is 5.00. The number of rotatable bonds is 1. The Labute approximate surface area is 52.7 Å². The Hall–Kier alpha value is -0.900. The average Bonchev–Trinajstić information content (AvgIpc) is 2.11. The Morgan fingerprint density at radius 2 is 2.44 bits per heavy atom. The molecule has 4 nitrogen and oxygen atoms in total. The fraction of sp³-hybridized carbons (Fsp3) is 0.600. The molecule has 9 heavy (non-hydrogen) atoms. The summed E-state index contributed by atoms with van der Waals surface area (Å²) in [7, 11) is 0. The lowest BCUT2D eigenvalue weighted by molar-refractivity contribution is 0.431. The first-order chi connectivity index (χ1) is 4.47. The van der Waals surface area contributed by atoms with Crippen molar-refractivity contribution in [3.05, 3.63) is 12.2 Å². The second kappa shape index (κ2) is 1.80. The monoisotopic (exact) mass is 124 g/mol. The van der Waals surface area contributed by atoms with Crippen LogP contribution in [0.4, 0.5) is 0 Å². The largest absolute Gasteiger partial charge is 0.315 e. The van der Waals surface area contributed by atoms with E-state index in [0.29, 0.717) is 5.92 Å². The lowest BCUT2D eigenvalue weighted by Crippen LogP contribution is -2.40.